The Morgan fingerprint density at radius 3 is 2.68 bits per heavy atom. The second-order valence-electron chi connectivity index (χ2n) is 5.38. The smallest absolute Gasteiger partial charge is 0.327 e. The van der Waals surface area contributed by atoms with Gasteiger partial charge in [0.1, 0.15) is 10.4 Å². The topological polar surface area (TPSA) is 70.5 Å². The molecule has 7 heteroatoms. The second kappa shape index (κ2) is 7.58. The van der Waals surface area contributed by atoms with Crippen LogP contribution in [0.1, 0.15) is 11.1 Å². The van der Waals surface area contributed by atoms with E-state index in [4.69, 9.17) is 12.2 Å². The highest BCUT2D eigenvalue weighted by molar-refractivity contribution is 8.26. The van der Waals surface area contributed by atoms with E-state index in [1.807, 2.05) is 36.4 Å². The summed E-state index contributed by atoms with van der Waals surface area (Å²) in [4.78, 5) is 30.1. The van der Waals surface area contributed by atoms with Crippen LogP contribution in [0.3, 0.4) is 0 Å². The van der Waals surface area contributed by atoms with Gasteiger partial charge in [-0.25, -0.2) is 4.79 Å². The zero-order chi connectivity index (χ0) is 17.8. The van der Waals surface area contributed by atoms with E-state index < -0.39 is 12.0 Å². The molecule has 0 radical (unpaired) electrons. The molecule has 25 heavy (non-hydrogen) atoms. The number of hydrogen-bond acceptors (Lipinski definition) is 5. The van der Waals surface area contributed by atoms with Crippen LogP contribution in [0.2, 0.25) is 0 Å². The highest BCUT2D eigenvalue weighted by atomic mass is 32.2. The van der Waals surface area contributed by atoms with Gasteiger partial charge in [0.2, 0.25) is 0 Å². The highest BCUT2D eigenvalue weighted by Crippen LogP contribution is 2.34. The lowest BCUT2D eigenvalue weighted by atomic mass is 10.0. The first-order valence-electron chi connectivity index (χ1n) is 7.50. The van der Waals surface area contributed by atoms with Crippen molar-refractivity contribution < 1.29 is 14.7 Å². The number of benzene rings is 1. The van der Waals surface area contributed by atoms with Crippen molar-refractivity contribution in [1.29, 1.82) is 0 Å². The molecular weight excluding hydrogens is 356 g/mol. The number of thioether (sulfide) groups is 1. The van der Waals surface area contributed by atoms with E-state index in [2.05, 4.69) is 4.98 Å². The molecule has 1 amide bonds. The molecule has 1 atom stereocenters. The predicted octanol–water partition coefficient (Wildman–Crippen LogP) is 2.98. The third kappa shape index (κ3) is 3.94. The summed E-state index contributed by atoms with van der Waals surface area (Å²) in [7, 11) is 0. The molecule has 0 unspecified atom stereocenters. The summed E-state index contributed by atoms with van der Waals surface area (Å²) in [5, 5.41) is 9.61. The molecule has 0 bridgehead atoms. The van der Waals surface area contributed by atoms with Crippen LogP contribution in [0.5, 0.6) is 0 Å². The van der Waals surface area contributed by atoms with Crippen LogP contribution in [-0.2, 0) is 16.0 Å². The van der Waals surface area contributed by atoms with Gasteiger partial charge in [-0.3, -0.25) is 14.7 Å². The van der Waals surface area contributed by atoms with Crippen LogP contribution in [0.4, 0.5) is 0 Å². The first-order chi connectivity index (χ1) is 12.1. The van der Waals surface area contributed by atoms with Gasteiger partial charge in [-0.05, 0) is 23.3 Å². The molecule has 2 aromatic rings. The Kier molecular flexibility index (Phi) is 5.25. The van der Waals surface area contributed by atoms with E-state index in [9.17, 15) is 14.7 Å². The number of nitrogens with zero attached hydrogens (tertiary/aromatic N) is 2. The molecule has 1 N–H and O–H groups in total. The molecule has 1 aromatic heterocycles. The molecule has 1 fully saturated rings. The van der Waals surface area contributed by atoms with Crippen molar-refractivity contribution in [1.82, 2.24) is 9.88 Å². The van der Waals surface area contributed by atoms with E-state index in [1.54, 1.807) is 24.5 Å². The Bertz CT molecular complexity index is 838. The molecule has 3 rings (SSSR count). The summed E-state index contributed by atoms with van der Waals surface area (Å²) < 4.78 is 0.253. The molecule has 1 saturated heterocycles. The van der Waals surface area contributed by atoms with Crippen LogP contribution in [0, 0.1) is 0 Å². The minimum atomic E-state index is -1.08. The predicted molar refractivity (Wildman–Crippen MR) is 101 cm³/mol. The van der Waals surface area contributed by atoms with Crippen molar-refractivity contribution in [3.8, 4) is 0 Å². The monoisotopic (exact) mass is 370 g/mol. The van der Waals surface area contributed by atoms with E-state index >= 15 is 0 Å². The molecule has 1 aliphatic heterocycles. The maximum Gasteiger partial charge on any atom is 0.327 e. The lowest BCUT2D eigenvalue weighted by Crippen LogP contribution is -2.45. The van der Waals surface area contributed by atoms with Gasteiger partial charge in [-0.1, -0.05) is 60.4 Å². The SMILES string of the molecule is O=C(O)[C@H](Cc1ccccc1)N1C(=O)/C(=C\c2cccnc2)SC1=S. The van der Waals surface area contributed by atoms with E-state index in [0.717, 1.165) is 22.9 Å². The number of pyridine rings is 1. The number of thiocarbonyl (C=S) groups is 1. The minimum absolute atomic E-state index is 0.197. The molecular formula is C18H14N2O3S2. The Labute approximate surface area is 154 Å². The fraction of sp³-hybridized carbons (Fsp3) is 0.111. The van der Waals surface area contributed by atoms with Crippen LogP contribution in [-0.4, -0.2) is 37.2 Å². The molecule has 0 saturated carbocycles. The van der Waals surface area contributed by atoms with E-state index in [-0.39, 0.29) is 16.6 Å². The third-order valence-corrected chi connectivity index (χ3v) is 5.00. The van der Waals surface area contributed by atoms with Crippen LogP contribution >= 0.6 is 24.0 Å². The van der Waals surface area contributed by atoms with Crippen LogP contribution in [0.15, 0.2) is 59.8 Å². The Hall–Kier alpha value is -2.51. The summed E-state index contributed by atoms with van der Waals surface area (Å²) in [6, 6.07) is 11.7. The van der Waals surface area contributed by atoms with Crippen LogP contribution in [0.25, 0.3) is 6.08 Å². The van der Waals surface area contributed by atoms with Gasteiger partial charge in [0.05, 0.1) is 4.91 Å². The third-order valence-electron chi connectivity index (χ3n) is 3.67. The summed E-state index contributed by atoms with van der Waals surface area (Å²) in [5.41, 5.74) is 1.60. The van der Waals surface area contributed by atoms with Crippen LogP contribution < -0.4 is 0 Å². The second-order valence-corrected chi connectivity index (χ2v) is 7.06. The number of aromatic nitrogens is 1. The maximum atomic E-state index is 12.7. The lowest BCUT2D eigenvalue weighted by Gasteiger charge is -2.23. The standard InChI is InChI=1S/C18H14N2O3S2/c21-16-15(10-13-7-4-8-19-11-13)25-18(24)20(16)14(17(22)23)9-12-5-2-1-3-6-12/h1-8,10-11,14H,9H2,(H,22,23)/b15-10+/t14-/m0/s1. The number of aliphatic carboxylic acids is 1. The summed E-state index contributed by atoms with van der Waals surface area (Å²) in [5.74, 6) is -1.47. The van der Waals surface area contributed by atoms with Crippen molar-refractivity contribution in [3.05, 3.63) is 70.9 Å². The van der Waals surface area contributed by atoms with Gasteiger partial charge in [0.15, 0.2) is 0 Å². The summed E-state index contributed by atoms with van der Waals surface area (Å²) in [6.45, 7) is 0. The number of hydrogen-bond donors (Lipinski definition) is 1. The Morgan fingerprint density at radius 2 is 2.04 bits per heavy atom. The minimum Gasteiger partial charge on any atom is -0.480 e. The van der Waals surface area contributed by atoms with E-state index in [0.29, 0.717) is 4.91 Å². The lowest BCUT2D eigenvalue weighted by molar-refractivity contribution is -0.145. The average molecular weight is 370 g/mol. The largest absolute Gasteiger partial charge is 0.480 e. The molecule has 0 spiro atoms. The normalized spacial score (nSPS) is 17.1. The fourth-order valence-electron chi connectivity index (χ4n) is 2.49. The highest BCUT2D eigenvalue weighted by Gasteiger charge is 2.40. The van der Waals surface area contributed by atoms with Gasteiger partial charge in [0, 0.05) is 18.8 Å². The number of carbonyl (C=O) groups is 2. The average Bonchev–Trinajstić information content (AvgIpc) is 2.88. The molecule has 1 aromatic carbocycles. The Balaban J connectivity index is 1.87. The summed E-state index contributed by atoms with van der Waals surface area (Å²) >= 11 is 6.38. The van der Waals surface area contributed by atoms with E-state index in [1.165, 1.54) is 4.90 Å². The van der Waals surface area contributed by atoms with Gasteiger partial charge >= 0.3 is 5.97 Å². The van der Waals surface area contributed by atoms with Gasteiger partial charge in [-0.15, -0.1) is 0 Å². The number of carboxylic acids is 1. The first kappa shape index (κ1) is 17.3. The molecule has 126 valence electrons. The van der Waals surface area contributed by atoms with Crippen molar-refractivity contribution in [2.24, 2.45) is 0 Å². The van der Waals surface area contributed by atoms with Gasteiger partial charge in [0.25, 0.3) is 5.91 Å². The zero-order valence-electron chi connectivity index (χ0n) is 13.0. The summed E-state index contributed by atoms with van der Waals surface area (Å²) in [6.07, 6.45) is 5.14. The molecule has 1 aliphatic rings. The number of carbonyl (C=O) groups excluding carboxylic acids is 1. The van der Waals surface area contributed by atoms with Crippen molar-refractivity contribution in [2.75, 3.05) is 0 Å². The fourth-order valence-corrected chi connectivity index (χ4v) is 3.84. The van der Waals surface area contributed by atoms with Gasteiger partial charge < -0.3 is 5.11 Å². The Morgan fingerprint density at radius 1 is 1.28 bits per heavy atom. The number of carboxylic acid groups (broad SMARTS) is 1. The number of rotatable bonds is 5. The number of amides is 1. The molecule has 2 heterocycles. The van der Waals surface area contributed by atoms with Gasteiger partial charge in [-0.2, -0.15) is 0 Å². The van der Waals surface area contributed by atoms with Crippen molar-refractivity contribution in [3.63, 3.8) is 0 Å². The molecule has 5 nitrogen and oxygen atoms in total. The van der Waals surface area contributed by atoms with Crippen molar-refractivity contribution in [2.45, 2.75) is 12.5 Å². The quantitative estimate of drug-likeness (QED) is 0.645. The zero-order valence-corrected chi connectivity index (χ0v) is 14.7. The maximum absolute atomic E-state index is 12.7. The molecule has 0 aliphatic carbocycles. The first-order valence-corrected chi connectivity index (χ1v) is 8.72. The van der Waals surface area contributed by atoms with Crippen molar-refractivity contribution >= 4 is 46.3 Å².